The molecule has 1 atom stereocenters. The number of unbranched alkanes of at least 4 members (excludes halogenated alkanes) is 2. The van der Waals surface area contributed by atoms with E-state index in [0.717, 1.165) is 46.9 Å². The largest absolute Gasteiger partial charge is 0.356 e. The Labute approximate surface area is 205 Å². The van der Waals surface area contributed by atoms with Gasteiger partial charge in [-0.05, 0) is 29.2 Å². The fraction of sp³-hybridized carbons (Fsp3) is 0.276. The molecule has 1 amide bonds. The van der Waals surface area contributed by atoms with Gasteiger partial charge in [-0.1, -0.05) is 80.4 Å². The maximum absolute atomic E-state index is 12.9. The van der Waals surface area contributed by atoms with Gasteiger partial charge in [0.05, 0.1) is 4.92 Å². The number of hydrogen-bond acceptors (Lipinski definition) is 3. The van der Waals surface area contributed by atoms with E-state index in [2.05, 4.69) is 35.1 Å². The second-order valence-corrected chi connectivity index (χ2v) is 8.88. The van der Waals surface area contributed by atoms with Crippen molar-refractivity contribution in [3.8, 4) is 0 Å². The zero-order valence-corrected chi connectivity index (χ0v) is 20.0. The van der Waals surface area contributed by atoms with Crippen molar-refractivity contribution in [2.45, 2.75) is 45.1 Å². The van der Waals surface area contributed by atoms with E-state index in [4.69, 9.17) is 0 Å². The summed E-state index contributed by atoms with van der Waals surface area (Å²) < 4.78 is 2.12. The first-order valence-electron chi connectivity index (χ1n) is 12.2. The summed E-state index contributed by atoms with van der Waals surface area (Å²) in [5, 5.41) is 15.4. The average Bonchev–Trinajstić information content (AvgIpc) is 3.23. The van der Waals surface area contributed by atoms with E-state index in [-0.39, 0.29) is 28.9 Å². The van der Waals surface area contributed by atoms with E-state index in [1.54, 1.807) is 12.1 Å². The summed E-state index contributed by atoms with van der Waals surface area (Å²) in [4.78, 5) is 24.2. The standard InChI is InChI=1S/C29H31N3O3/c1-2-3-10-17-30-29(33)19-25(23-13-8-5-9-14-23)27-21-31(20-22-11-6-4-7-12-22)28-16-15-24(32(34)35)18-26(27)28/h4-9,11-16,18,21,25H,2-3,10,17,19-20H2,1H3,(H,30,33)/t25-/m1/s1. The van der Waals surface area contributed by atoms with E-state index in [0.29, 0.717) is 13.1 Å². The molecule has 0 saturated heterocycles. The summed E-state index contributed by atoms with van der Waals surface area (Å²) in [7, 11) is 0. The molecule has 6 nitrogen and oxygen atoms in total. The van der Waals surface area contributed by atoms with Gasteiger partial charge in [-0.2, -0.15) is 0 Å². The molecular weight excluding hydrogens is 438 g/mol. The first-order chi connectivity index (χ1) is 17.1. The van der Waals surface area contributed by atoms with Crippen LogP contribution in [0.4, 0.5) is 5.69 Å². The van der Waals surface area contributed by atoms with Crippen LogP contribution in [0.1, 0.15) is 55.2 Å². The van der Waals surface area contributed by atoms with Gasteiger partial charge >= 0.3 is 0 Å². The van der Waals surface area contributed by atoms with Gasteiger partial charge in [0.2, 0.25) is 5.91 Å². The lowest BCUT2D eigenvalue weighted by atomic mass is 9.88. The molecule has 4 aromatic rings. The Morgan fingerprint density at radius 3 is 2.40 bits per heavy atom. The number of amides is 1. The molecule has 0 spiro atoms. The number of nitro benzene ring substituents is 1. The molecule has 4 rings (SSSR count). The van der Waals surface area contributed by atoms with Crippen LogP contribution >= 0.6 is 0 Å². The Morgan fingerprint density at radius 2 is 1.71 bits per heavy atom. The Hall–Kier alpha value is -3.93. The van der Waals surface area contributed by atoms with Crippen molar-refractivity contribution in [2.24, 2.45) is 0 Å². The molecule has 0 aliphatic carbocycles. The monoisotopic (exact) mass is 469 g/mol. The number of carbonyl (C=O) groups is 1. The van der Waals surface area contributed by atoms with Crippen LogP contribution in [0, 0.1) is 10.1 Å². The number of nitrogens with zero attached hydrogens (tertiary/aromatic N) is 2. The summed E-state index contributed by atoms with van der Waals surface area (Å²) in [6.07, 6.45) is 5.48. The summed E-state index contributed by atoms with van der Waals surface area (Å²) in [6.45, 7) is 3.44. The number of non-ortho nitro benzene ring substituents is 1. The van der Waals surface area contributed by atoms with Gasteiger partial charge in [0, 0.05) is 54.7 Å². The summed E-state index contributed by atoms with van der Waals surface area (Å²) in [6, 6.07) is 25.0. The Morgan fingerprint density at radius 1 is 1.00 bits per heavy atom. The zero-order chi connectivity index (χ0) is 24.6. The van der Waals surface area contributed by atoms with Crippen molar-refractivity contribution in [2.75, 3.05) is 6.54 Å². The van der Waals surface area contributed by atoms with Crippen LogP contribution in [0.5, 0.6) is 0 Å². The number of benzene rings is 3. The second kappa shape index (κ2) is 11.5. The summed E-state index contributed by atoms with van der Waals surface area (Å²) in [5.74, 6) is -0.228. The molecule has 1 heterocycles. The van der Waals surface area contributed by atoms with E-state index >= 15 is 0 Å². The molecule has 0 aliphatic heterocycles. The van der Waals surface area contributed by atoms with E-state index in [1.807, 2.05) is 54.6 Å². The number of nitro groups is 1. The third kappa shape index (κ3) is 5.96. The molecule has 180 valence electrons. The third-order valence-corrected chi connectivity index (χ3v) is 6.37. The predicted molar refractivity (Wildman–Crippen MR) is 140 cm³/mol. The van der Waals surface area contributed by atoms with Crippen molar-refractivity contribution in [3.05, 3.63) is 112 Å². The van der Waals surface area contributed by atoms with E-state index in [9.17, 15) is 14.9 Å². The van der Waals surface area contributed by atoms with Crippen molar-refractivity contribution >= 4 is 22.5 Å². The molecule has 1 N–H and O–H groups in total. The minimum absolute atomic E-state index is 0.00986. The van der Waals surface area contributed by atoms with Gasteiger partial charge in [0.1, 0.15) is 0 Å². The lowest BCUT2D eigenvalue weighted by Crippen LogP contribution is -2.26. The van der Waals surface area contributed by atoms with Crippen LogP contribution in [-0.2, 0) is 11.3 Å². The van der Waals surface area contributed by atoms with Gasteiger partial charge in [0.25, 0.3) is 5.69 Å². The van der Waals surface area contributed by atoms with Crippen LogP contribution in [-0.4, -0.2) is 21.9 Å². The topological polar surface area (TPSA) is 77.2 Å². The van der Waals surface area contributed by atoms with E-state index < -0.39 is 0 Å². The highest BCUT2D eigenvalue weighted by molar-refractivity contribution is 5.88. The molecule has 35 heavy (non-hydrogen) atoms. The highest BCUT2D eigenvalue weighted by Gasteiger charge is 2.24. The highest BCUT2D eigenvalue weighted by Crippen LogP contribution is 2.36. The van der Waals surface area contributed by atoms with Crippen molar-refractivity contribution < 1.29 is 9.72 Å². The minimum Gasteiger partial charge on any atom is -0.356 e. The number of fused-ring (bicyclic) bond motifs is 1. The maximum Gasteiger partial charge on any atom is 0.270 e. The smallest absolute Gasteiger partial charge is 0.270 e. The highest BCUT2D eigenvalue weighted by atomic mass is 16.6. The normalized spacial score (nSPS) is 11.9. The van der Waals surface area contributed by atoms with Crippen LogP contribution in [0.3, 0.4) is 0 Å². The van der Waals surface area contributed by atoms with Crippen molar-refractivity contribution in [1.82, 2.24) is 9.88 Å². The van der Waals surface area contributed by atoms with Crippen molar-refractivity contribution in [3.63, 3.8) is 0 Å². The number of carbonyl (C=O) groups excluding carboxylic acids is 1. The Balaban J connectivity index is 1.76. The summed E-state index contributed by atoms with van der Waals surface area (Å²) >= 11 is 0. The fourth-order valence-electron chi connectivity index (χ4n) is 4.57. The third-order valence-electron chi connectivity index (χ3n) is 6.37. The molecule has 6 heteroatoms. The first-order valence-corrected chi connectivity index (χ1v) is 12.2. The van der Waals surface area contributed by atoms with Gasteiger partial charge < -0.3 is 9.88 Å². The van der Waals surface area contributed by atoms with Gasteiger partial charge in [-0.15, -0.1) is 0 Å². The second-order valence-electron chi connectivity index (χ2n) is 8.88. The molecule has 0 saturated carbocycles. The van der Waals surface area contributed by atoms with Gasteiger partial charge in [0.15, 0.2) is 0 Å². The molecular formula is C29H31N3O3. The molecule has 1 aromatic heterocycles. The molecule has 0 unspecified atom stereocenters. The van der Waals surface area contributed by atoms with Crippen LogP contribution in [0.15, 0.2) is 85.1 Å². The van der Waals surface area contributed by atoms with Crippen LogP contribution in [0.2, 0.25) is 0 Å². The minimum atomic E-state index is -0.365. The molecule has 0 radical (unpaired) electrons. The predicted octanol–water partition coefficient (Wildman–Crippen LogP) is 6.43. The Bertz CT molecular complexity index is 1280. The fourth-order valence-corrected chi connectivity index (χ4v) is 4.57. The summed E-state index contributed by atoms with van der Waals surface area (Å²) in [5.41, 5.74) is 4.04. The average molecular weight is 470 g/mol. The molecule has 0 bridgehead atoms. The zero-order valence-electron chi connectivity index (χ0n) is 20.0. The lowest BCUT2D eigenvalue weighted by Gasteiger charge is -2.17. The number of nitrogens with one attached hydrogen (secondary N) is 1. The number of hydrogen-bond donors (Lipinski definition) is 1. The molecule has 0 aliphatic rings. The number of aromatic nitrogens is 1. The molecule has 0 fully saturated rings. The van der Waals surface area contributed by atoms with E-state index in [1.165, 1.54) is 0 Å². The number of rotatable bonds is 11. The van der Waals surface area contributed by atoms with Crippen LogP contribution in [0.25, 0.3) is 10.9 Å². The Kier molecular flexibility index (Phi) is 7.93. The maximum atomic E-state index is 12.9. The first kappa shape index (κ1) is 24.2. The SMILES string of the molecule is CCCCCNC(=O)C[C@H](c1ccccc1)c1cn(Cc2ccccc2)c2ccc([N+](=O)[O-])cc12. The van der Waals surface area contributed by atoms with Crippen molar-refractivity contribution in [1.29, 1.82) is 0 Å². The van der Waals surface area contributed by atoms with Gasteiger partial charge in [-0.25, -0.2) is 0 Å². The lowest BCUT2D eigenvalue weighted by molar-refractivity contribution is -0.384. The quantitative estimate of drug-likeness (QED) is 0.156. The van der Waals surface area contributed by atoms with Gasteiger partial charge in [-0.3, -0.25) is 14.9 Å². The molecule has 3 aromatic carbocycles. The van der Waals surface area contributed by atoms with Crippen LogP contribution < -0.4 is 5.32 Å².